The Balaban J connectivity index is 2.03. The van der Waals surface area contributed by atoms with Crippen LogP contribution in [0.15, 0.2) is 78.9 Å². The number of carbonyl (C=O) groups is 2. The molecule has 10 heteroatoms. The predicted octanol–water partition coefficient (Wildman–Crippen LogP) is 3.51. The van der Waals surface area contributed by atoms with E-state index in [1.807, 2.05) is 30.3 Å². The van der Waals surface area contributed by atoms with E-state index in [1.54, 1.807) is 6.92 Å². The first-order valence-electron chi connectivity index (χ1n) is 11.7. The Labute approximate surface area is 215 Å². The third kappa shape index (κ3) is 7.85. The van der Waals surface area contributed by atoms with Crippen LogP contribution < -0.4 is 9.62 Å². The number of nitrogens with one attached hydrogen (secondary N) is 1. The second-order valence-corrected chi connectivity index (χ2v) is 10.4. The van der Waals surface area contributed by atoms with Crippen LogP contribution in [-0.2, 0) is 32.6 Å². The molecule has 0 aliphatic heterocycles. The van der Waals surface area contributed by atoms with Crippen molar-refractivity contribution >= 4 is 27.5 Å². The van der Waals surface area contributed by atoms with Gasteiger partial charge in [-0.3, -0.25) is 13.9 Å². The van der Waals surface area contributed by atoms with Crippen molar-refractivity contribution in [3.63, 3.8) is 0 Å². The first-order valence-corrected chi connectivity index (χ1v) is 13.5. The second-order valence-electron chi connectivity index (χ2n) is 8.50. The zero-order valence-corrected chi connectivity index (χ0v) is 21.4. The number of amides is 2. The van der Waals surface area contributed by atoms with Gasteiger partial charge in [0.15, 0.2) is 0 Å². The van der Waals surface area contributed by atoms with Crippen LogP contribution in [0.2, 0.25) is 0 Å². The molecule has 2 amide bonds. The van der Waals surface area contributed by atoms with Crippen LogP contribution in [0.5, 0.6) is 0 Å². The van der Waals surface area contributed by atoms with Crippen molar-refractivity contribution in [2.24, 2.45) is 0 Å². The molecule has 37 heavy (non-hydrogen) atoms. The van der Waals surface area contributed by atoms with Crippen LogP contribution in [0.1, 0.15) is 18.1 Å². The molecule has 0 aliphatic carbocycles. The monoisotopic (exact) mass is 529 g/mol. The zero-order chi connectivity index (χ0) is 27.0. The summed E-state index contributed by atoms with van der Waals surface area (Å²) in [5, 5.41) is 2.74. The molecular weight excluding hydrogens is 500 g/mol. The molecular formula is C27H29F2N3O4S. The average Bonchev–Trinajstić information content (AvgIpc) is 2.85. The van der Waals surface area contributed by atoms with Crippen LogP contribution >= 0.6 is 0 Å². The van der Waals surface area contributed by atoms with E-state index >= 15 is 0 Å². The maximum absolute atomic E-state index is 13.9. The van der Waals surface area contributed by atoms with Gasteiger partial charge in [-0.1, -0.05) is 48.5 Å². The van der Waals surface area contributed by atoms with Crippen LogP contribution in [0.25, 0.3) is 0 Å². The lowest BCUT2D eigenvalue weighted by molar-refractivity contribution is -0.140. The molecule has 0 saturated carbocycles. The molecule has 0 radical (unpaired) electrons. The molecule has 1 atom stereocenters. The molecule has 0 heterocycles. The second kappa shape index (κ2) is 12.4. The van der Waals surface area contributed by atoms with Gasteiger partial charge in [0.2, 0.25) is 21.8 Å². The summed E-state index contributed by atoms with van der Waals surface area (Å²) in [5.41, 5.74) is 1.32. The van der Waals surface area contributed by atoms with E-state index in [4.69, 9.17) is 0 Å². The lowest BCUT2D eigenvalue weighted by atomic mass is 10.0. The molecule has 3 rings (SSSR count). The summed E-state index contributed by atoms with van der Waals surface area (Å²) in [5.74, 6) is -2.21. The third-order valence-corrected chi connectivity index (χ3v) is 6.80. The minimum atomic E-state index is -3.99. The number of nitrogens with zero attached hydrogens (tertiary/aromatic N) is 2. The molecule has 196 valence electrons. The van der Waals surface area contributed by atoms with E-state index < -0.39 is 46.1 Å². The summed E-state index contributed by atoms with van der Waals surface area (Å²) in [4.78, 5) is 28.2. The van der Waals surface area contributed by atoms with Crippen molar-refractivity contribution in [2.45, 2.75) is 25.9 Å². The van der Waals surface area contributed by atoms with E-state index in [-0.39, 0.29) is 18.7 Å². The fourth-order valence-corrected chi connectivity index (χ4v) is 4.72. The van der Waals surface area contributed by atoms with E-state index in [0.717, 1.165) is 28.3 Å². The van der Waals surface area contributed by atoms with Crippen LogP contribution in [0.4, 0.5) is 14.5 Å². The van der Waals surface area contributed by atoms with Crippen LogP contribution in [-0.4, -0.2) is 50.5 Å². The number of likely N-dealkylation sites (N-methyl/N-ethyl adjacent to an activating group) is 1. The van der Waals surface area contributed by atoms with Crippen LogP contribution in [0, 0.1) is 11.6 Å². The van der Waals surface area contributed by atoms with Gasteiger partial charge < -0.3 is 10.2 Å². The molecule has 3 aromatic rings. The normalized spacial score (nSPS) is 12.0. The Bertz CT molecular complexity index is 1320. The minimum Gasteiger partial charge on any atom is -0.355 e. The van der Waals surface area contributed by atoms with E-state index in [0.29, 0.717) is 12.1 Å². The Kier molecular flexibility index (Phi) is 9.35. The van der Waals surface area contributed by atoms with Gasteiger partial charge in [-0.25, -0.2) is 17.2 Å². The highest BCUT2D eigenvalue weighted by atomic mass is 32.2. The largest absolute Gasteiger partial charge is 0.355 e. The van der Waals surface area contributed by atoms with Crippen molar-refractivity contribution < 1.29 is 26.8 Å². The van der Waals surface area contributed by atoms with Crippen molar-refractivity contribution in [1.82, 2.24) is 10.2 Å². The molecule has 0 fully saturated rings. The molecule has 0 spiro atoms. The molecule has 1 N–H and O–H groups in total. The molecule has 7 nitrogen and oxygen atoms in total. The average molecular weight is 530 g/mol. The molecule has 0 aliphatic rings. The maximum atomic E-state index is 13.9. The third-order valence-electron chi connectivity index (χ3n) is 5.66. The van der Waals surface area contributed by atoms with Gasteiger partial charge in [0.1, 0.15) is 24.2 Å². The SMILES string of the molecule is CCNC(=O)[C@@H](Cc1ccccc1)N(Cc1ccc(F)cc1)C(=O)CN(c1cccc(F)c1)S(C)(=O)=O. The first kappa shape index (κ1) is 27.8. The quantitative estimate of drug-likeness (QED) is 0.412. The van der Waals surface area contributed by atoms with E-state index in [2.05, 4.69) is 5.32 Å². The molecule has 0 unspecified atom stereocenters. The number of rotatable bonds is 11. The van der Waals surface area contributed by atoms with Crippen molar-refractivity contribution in [3.8, 4) is 0 Å². The van der Waals surface area contributed by atoms with Gasteiger partial charge >= 0.3 is 0 Å². The number of hydrogen-bond acceptors (Lipinski definition) is 4. The van der Waals surface area contributed by atoms with Gasteiger partial charge in [0.25, 0.3) is 0 Å². The smallest absolute Gasteiger partial charge is 0.244 e. The van der Waals surface area contributed by atoms with Gasteiger partial charge in [0.05, 0.1) is 11.9 Å². The number of carbonyl (C=O) groups excluding carboxylic acids is 2. The van der Waals surface area contributed by atoms with Crippen molar-refractivity contribution in [2.75, 3.05) is 23.7 Å². The van der Waals surface area contributed by atoms with Gasteiger partial charge in [-0.15, -0.1) is 0 Å². The molecule has 0 bridgehead atoms. The summed E-state index contributed by atoms with van der Waals surface area (Å²) in [6.45, 7) is 1.34. The topological polar surface area (TPSA) is 86.8 Å². The number of hydrogen-bond donors (Lipinski definition) is 1. The van der Waals surface area contributed by atoms with Gasteiger partial charge in [-0.2, -0.15) is 0 Å². The highest BCUT2D eigenvalue weighted by Gasteiger charge is 2.32. The Morgan fingerprint density at radius 2 is 1.57 bits per heavy atom. The van der Waals surface area contributed by atoms with Crippen molar-refractivity contribution in [3.05, 3.63) is 102 Å². The highest BCUT2D eigenvalue weighted by Crippen LogP contribution is 2.21. The molecule has 3 aromatic carbocycles. The lowest BCUT2D eigenvalue weighted by Gasteiger charge is -2.33. The van der Waals surface area contributed by atoms with Gasteiger partial charge in [-0.05, 0) is 48.4 Å². The standard InChI is InChI=1S/C27H29F2N3O4S/c1-3-30-27(34)25(16-20-8-5-4-6-9-20)31(18-21-12-14-22(28)15-13-21)26(33)19-32(37(2,35)36)24-11-7-10-23(29)17-24/h4-15,17,25H,3,16,18-19H2,1-2H3,(H,30,34)/t25-/m1/s1. The maximum Gasteiger partial charge on any atom is 0.244 e. The summed E-state index contributed by atoms with van der Waals surface area (Å²) >= 11 is 0. The summed E-state index contributed by atoms with van der Waals surface area (Å²) in [6, 6.07) is 18.5. The Morgan fingerprint density at radius 3 is 2.16 bits per heavy atom. The fourth-order valence-electron chi connectivity index (χ4n) is 3.88. The van der Waals surface area contributed by atoms with Crippen molar-refractivity contribution in [1.29, 1.82) is 0 Å². The van der Waals surface area contributed by atoms with Gasteiger partial charge in [0, 0.05) is 19.5 Å². The van der Waals surface area contributed by atoms with E-state index in [9.17, 15) is 26.8 Å². The fraction of sp³-hybridized carbons (Fsp3) is 0.259. The molecule has 0 saturated heterocycles. The number of sulfonamides is 1. The number of benzene rings is 3. The lowest BCUT2D eigenvalue weighted by Crippen LogP contribution is -2.53. The Hall–Kier alpha value is -3.79. The zero-order valence-electron chi connectivity index (χ0n) is 20.6. The molecule has 0 aromatic heterocycles. The minimum absolute atomic E-state index is 0.0183. The first-order chi connectivity index (χ1) is 17.6. The van der Waals surface area contributed by atoms with E-state index in [1.165, 1.54) is 41.3 Å². The number of anilines is 1. The summed E-state index contributed by atoms with van der Waals surface area (Å²) < 4.78 is 53.4. The summed E-state index contributed by atoms with van der Waals surface area (Å²) in [7, 11) is -3.99. The van der Waals surface area contributed by atoms with Crippen LogP contribution in [0.3, 0.4) is 0 Å². The summed E-state index contributed by atoms with van der Waals surface area (Å²) in [6.07, 6.45) is 1.08. The Morgan fingerprint density at radius 1 is 0.892 bits per heavy atom. The number of halogens is 2. The highest BCUT2D eigenvalue weighted by molar-refractivity contribution is 7.92. The predicted molar refractivity (Wildman–Crippen MR) is 138 cm³/mol.